The Kier molecular flexibility index (Phi) is 6.25. The number of nitrogens with zero attached hydrogens (tertiary/aromatic N) is 2. The van der Waals surface area contributed by atoms with Crippen molar-refractivity contribution in [3.63, 3.8) is 0 Å². The van der Waals surface area contributed by atoms with Crippen molar-refractivity contribution in [2.75, 3.05) is 37.3 Å². The third kappa shape index (κ3) is 4.95. The van der Waals surface area contributed by atoms with E-state index in [4.69, 9.17) is 10.5 Å². The van der Waals surface area contributed by atoms with Crippen molar-refractivity contribution in [3.8, 4) is 5.75 Å². The molecule has 0 bridgehead atoms. The van der Waals surface area contributed by atoms with Crippen LogP contribution in [0.4, 0.5) is 21.0 Å². The number of hydrogen-bond acceptors (Lipinski definition) is 7. The number of ether oxygens (including phenoxy) is 1. The lowest BCUT2D eigenvalue weighted by molar-refractivity contribution is 0.104. The summed E-state index contributed by atoms with van der Waals surface area (Å²) >= 11 is 1.14. The molecule has 2 heterocycles. The summed E-state index contributed by atoms with van der Waals surface area (Å²) in [6.45, 7) is 3.93. The summed E-state index contributed by atoms with van der Waals surface area (Å²) in [6, 6.07) is 13.1. The number of aromatic nitrogens is 1. The Balaban J connectivity index is 1.36. The molecule has 156 valence electrons. The summed E-state index contributed by atoms with van der Waals surface area (Å²) in [4.78, 5) is 19.5. The van der Waals surface area contributed by atoms with Crippen LogP contribution in [-0.2, 0) is 0 Å². The second-order valence-corrected chi connectivity index (χ2v) is 8.12. The fourth-order valence-electron chi connectivity index (χ4n) is 3.37. The van der Waals surface area contributed by atoms with Crippen LogP contribution in [0.2, 0.25) is 0 Å². The number of halogens is 1. The Labute approximate surface area is 178 Å². The fourth-order valence-corrected chi connectivity index (χ4v) is 4.23. The molecule has 0 atom stereocenters. The third-order valence-electron chi connectivity index (χ3n) is 4.93. The normalized spacial score (nSPS) is 14.0. The number of nitrogens with one attached hydrogen (secondary N) is 1. The van der Waals surface area contributed by atoms with E-state index in [1.54, 1.807) is 6.07 Å². The van der Waals surface area contributed by atoms with Crippen LogP contribution >= 0.6 is 11.3 Å². The Morgan fingerprint density at radius 3 is 2.70 bits per heavy atom. The molecule has 2 aromatic carbocycles. The highest BCUT2D eigenvalue weighted by Crippen LogP contribution is 2.30. The Morgan fingerprint density at radius 1 is 1.20 bits per heavy atom. The molecule has 8 heteroatoms. The van der Waals surface area contributed by atoms with Gasteiger partial charge in [0.1, 0.15) is 28.9 Å². The van der Waals surface area contributed by atoms with E-state index in [-0.39, 0.29) is 22.0 Å². The fraction of sp³-hybridized carbons (Fsp3) is 0.273. The molecule has 1 aromatic heterocycles. The Morgan fingerprint density at radius 2 is 1.97 bits per heavy atom. The zero-order chi connectivity index (χ0) is 20.9. The van der Waals surface area contributed by atoms with Gasteiger partial charge in [-0.2, -0.15) is 0 Å². The van der Waals surface area contributed by atoms with Crippen molar-refractivity contribution in [1.29, 1.82) is 0 Å². The number of hydrogen-bond donors (Lipinski definition) is 2. The molecule has 0 aliphatic carbocycles. The first kappa shape index (κ1) is 20.3. The zero-order valence-electron chi connectivity index (χ0n) is 16.4. The number of likely N-dealkylation sites (tertiary alicyclic amines) is 1. The van der Waals surface area contributed by atoms with Gasteiger partial charge >= 0.3 is 0 Å². The van der Waals surface area contributed by atoms with Crippen LogP contribution in [0.3, 0.4) is 0 Å². The van der Waals surface area contributed by atoms with E-state index in [1.807, 2.05) is 24.3 Å². The first-order chi connectivity index (χ1) is 14.6. The first-order valence-electron chi connectivity index (χ1n) is 9.87. The summed E-state index contributed by atoms with van der Waals surface area (Å²) in [5.74, 6) is 0.114. The standard InChI is InChI=1S/C22H23FN4O2S/c23-16-5-3-4-15(14-16)19(28)20-21(24)26-22(30-20)25-17-6-8-18(9-7-17)29-13-12-27-10-1-2-11-27/h3-9,14H,1-2,10-13,24H2,(H,25,26). The summed E-state index contributed by atoms with van der Waals surface area (Å²) < 4.78 is 19.2. The van der Waals surface area contributed by atoms with E-state index in [0.717, 1.165) is 42.4 Å². The van der Waals surface area contributed by atoms with Gasteiger partial charge in [-0.3, -0.25) is 9.69 Å². The van der Waals surface area contributed by atoms with Crippen molar-refractivity contribution in [2.24, 2.45) is 0 Å². The van der Waals surface area contributed by atoms with Crippen molar-refractivity contribution < 1.29 is 13.9 Å². The lowest BCUT2D eigenvalue weighted by Gasteiger charge is -2.15. The van der Waals surface area contributed by atoms with Gasteiger partial charge in [0, 0.05) is 17.8 Å². The lowest BCUT2D eigenvalue weighted by atomic mass is 10.1. The quantitative estimate of drug-likeness (QED) is 0.523. The topological polar surface area (TPSA) is 80.5 Å². The van der Waals surface area contributed by atoms with Crippen LogP contribution in [0.5, 0.6) is 5.75 Å². The minimum atomic E-state index is -0.468. The molecule has 0 unspecified atom stereocenters. The molecule has 0 spiro atoms. The Hall–Kier alpha value is -2.97. The number of carbonyl (C=O) groups is 1. The highest BCUT2D eigenvalue weighted by Gasteiger charge is 2.18. The highest BCUT2D eigenvalue weighted by molar-refractivity contribution is 7.18. The number of ketones is 1. The average Bonchev–Trinajstić information content (AvgIpc) is 3.38. The van der Waals surface area contributed by atoms with Gasteiger partial charge in [-0.25, -0.2) is 9.37 Å². The van der Waals surface area contributed by atoms with Crippen molar-refractivity contribution in [2.45, 2.75) is 12.8 Å². The van der Waals surface area contributed by atoms with E-state index in [0.29, 0.717) is 11.7 Å². The number of anilines is 3. The maximum atomic E-state index is 13.4. The predicted octanol–water partition coefficient (Wildman–Crippen LogP) is 4.31. The molecule has 3 N–H and O–H groups in total. The zero-order valence-corrected chi connectivity index (χ0v) is 17.3. The number of nitrogen functional groups attached to an aromatic ring is 1. The Bertz CT molecular complexity index is 1020. The minimum Gasteiger partial charge on any atom is -0.492 e. The first-order valence-corrected chi connectivity index (χ1v) is 10.7. The third-order valence-corrected chi connectivity index (χ3v) is 5.91. The van der Waals surface area contributed by atoms with Gasteiger partial charge in [-0.1, -0.05) is 23.5 Å². The summed E-state index contributed by atoms with van der Waals surface area (Å²) in [5, 5.41) is 3.64. The molecule has 3 aromatic rings. The summed E-state index contributed by atoms with van der Waals surface area (Å²) in [6.07, 6.45) is 2.55. The van der Waals surface area contributed by atoms with E-state index >= 15 is 0 Å². The van der Waals surface area contributed by atoms with Gasteiger partial charge in [0.05, 0.1) is 0 Å². The van der Waals surface area contributed by atoms with Crippen LogP contribution in [-0.4, -0.2) is 41.9 Å². The minimum absolute atomic E-state index is 0.124. The molecule has 0 radical (unpaired) electrons. The number of nitrogens with two attached hydrogens (primary N) is 1. The monoisotopic (exact) mass is 426 g/mol. The maximum absolute atomic E-state index is 13.4. The SMILES string of the molecule is Nc1nc(Nc2ccc(OCCN3CCCC3)cc2)sc1C(=O)c1cccc(F)c1. The summed E-state index contributed by atoms with van der Waals surface area (Å²) in [5.41, 5.74) is 6.97. The molecule has 1 aliphatic rings. The van der Waals surface area contributed by atoms with Crippen LogP contribution in [0.15, 0.2) is 48.5 Å². The molecular formula is C22H23FN4O2S. The molecule has 30 heavy (non-hydrogen) atoms. The van der Waals surface area contributed by atoms with Crippen LogP contribution in [0.1, 0.15) is 28.1 Å². The number of carbonyl (C=O) groups excluding carboxylic acids is 1. The maximum Gasteiger partial charge on any atom is 0.206 e. The van der Waals surface area contributed by atoms with Gasteiger partial charge < -0.3 is 15.8 Å². The second kappa shape index (κ2) is 9.23. The molecule has 1 saturated heterocycles. The van der Waals surface area contributed by atoms with Crippen molar-refractivity contribution in [1.82, 2.24) is 9.88 Å². The number of benzene rings is 2. The van der Waals surface area contributed by atoms with E-state index < -0.39 is 5.82 Å². The van der Waals surface area contributed by atoms with Crippen molar-refractivity contribution in [3.05, 3.63) is 64.8 Å². The van der Waals surface area contributed by atoms with Gasteiger partial charge in [-0.15, -0.1) is 0 Å². The molecule has 4 rings (SSSR count). The van der Waals surface area contributed by atoms with Crippen LogP contribution in [0.25, 0.3) is 0 Å². The average molecular weight is 427 g/mol. The van der Waals surface area contributed by atoms with E-state index in [2.05, 4.69) is 15.2 Å². The molecule has 0 amide bonds. The number of rotatable bonds is 8. The van der Waals surface area contributed by atoms with Gasteiger partial charge in [0.15, 0.2) is 5.13 Å². The summed E-state index contributed by atoms with van der Waals surface area (Å²) in [7, 11) is 0. The second-order valence-electron chi connectivity index (χ2n) is 7.12. The molecule has 1 aliphatic heterocycles. The smallest absolute Gasteiger partial charge is 0.206 e. The van der Waals surface area contributed by atoms with Gasteiger partial charge in [0.2, 0.25) is 5.78 Å². The van der Waals surface area contributed by atoms with E-state index in [1.165, 1.54) is 31.0 Å². The predicted molar refractivity (Wildman–Crippen MR) is 117 cm³/mol. The number of thiazole rings is 1. The molecular weight excluding hydrogens is 403 g/mol. The lowest BCUT2D eigenvalue weighted by Crippen LogP contribution is -2.25. The molecule has 1 fully saturated rings. The van der Waals surface area contributed by atoms with Crippen LogP contribution in [0, 0.1) is 5.82 Å². The molecule has 0 saturated carbocycles. The van der Waals surface area contributed by atoms with Gasteiger partial charge in [-0.05, 0) is 62.3 Å². The molecule has 6 nitrogen and oxygen atoms in total. The van der Waals surface area contributed by atoms with Crippen LogP contribution < -0.4 is 15.8 Å². The largest absolute Gasteiger partial charge is 0.492 e. The highest BCUT2D eigenvalue weighted by atomic mass is 32.1. The van der Waals surface area contributed by atoms with Gasteiger partial charge in [0.25, 0.3) is 0 Å². The van der Waals surface area contributed by atoms with E-state index in [9.17, 15) is 9.18 Å². The van der Waals surface area contributed by atoms with Crippen molar-refractivity contribution >= 4 is 33.8 Å².